The Bertz CT molecular complexity index is 1510. The molecule has 1 aliphatic carbocycles. The molecule has 4 aromatic heterocycles. The van der Waals surface area contributed by atoms with Crippen molar-refractivity contribution in [1.29, 1.82) is 0 Å². The number of aliphatic hydroxyl groups excluding tert-OH is 1. The Morgan fingerprint density at radius 1 is 1.08 bits per heavy atom. The van der Waals surface area contributed by atoms with Crippen LogP contribution in [0.15, 0.2) is 43.0 Å². The lowest BCUT2D eigenvalue weighted by Crippen LogP contribution is -2.47. The third-order valence-electron chi connectivity index (χ3n) is 7.59. The number of rotatable bonds is 6. The molecule has 2 aliphatic rings. The summed E-state index contributed by atoms with van der Waals surface area (Å²) in [5.74, 6) is 0.0483. The number of hydrogen-bond acceptors (Lipinski definition) is 7. The summed E-state index contributed by atoms with van der Waals surface area (Å²) in [6, 6.07) is 5.43. The Kier molecular flexibility index (Phi) is 6.16. The second kappa shape index (κ2) is 9.66. The van der Waals surface area contributed by atoms with Crippen molar-refractivity contribution >= 4 is 34.2 Å². The first kappa shape index (κ1) is 24.3. The predicted octanol–water partition coefficient (Wildman–Crippen LogP) is 2.56. The van der Waals surface area contributed by atoms with Gasteiger partial charge in [0.2, 0.25) is 5.91 Å². The van der Waals surface area contributed by atoms with Crippen LogP contribution in [-0.4, -0.2) is 72.3 Å². The monoisotopic (exact) mass is 514 g/mol. The number of nitrogens with zero attached hydrogens (tertiary/aromatic N) is 5. The van der Waals surface area contributed by atoms with Crippen molar-refractivity contribution in [3.63, 3.8) is 0 Å². The molecule has 2 bridgehead atoms. The molecule has 6 rings (SSSR count). The molecule has 38 heavy (non-hydrogen) atoms. The Balaban J connectivity index is 1.12. The lowest BCUT2D eigenvalue weighted by atomic mass is 9.95. The van der Waals surface area contributed by atoms with E-state index in [0.29, 0.717) is 28.3 Å². The molecular formula is C27H30N8O3. The molecule has 2 unspecified atom stereocenters. The van der Waals surface area contributed by atoms with Crippen molar-refractivity contribution in [2.75, 3.05) is 30.3 Å². The van der Waals surface area contributed by atoms with Crippen molar-refractivity contribution in [3.05, 3.63) is 54.2 Å². The van der Waals surface area contributed by atoms with Crippen LogP contribution < -0.4 is 10.6 Å². The van der Waals surface area contributed by atoms with Crippen LogP contribution in [0, 0.1) is 18.8 Å². The smallest absolute Gasteiger partial charge is 0.257 e. The Morgan fingerprint density at radius 2 is 1.87 bits per heavy atom. The van der Waals surface area contributed by atoms with E-state index in [2.05, 4.69) is 35.6 Å². The van der Waals surface area contributed by atoms with E-state index in [4.69, 9.17) is 0 Å². The number of aromatic amines is 1. The molecule has 11 nitrogen and oxygen atoms in total. The largest absolute Gasteiger partial charge is 0.392 e. The summed E-state index contributed by atoms with van der Waals surface area (Å²) in [6.07, 6.45) is 8.58. The number of carbonyl (C=O) groups is 2. The highest BCUT2D eigenvalue weighted by atomic mass is 16.3. The van der Waals surface area contributed by atoms with Gasteiger partial charge in [-0.3, -0.25) is 24.2 Å². The fourth-order valence-corrected chi connectivity index (χ4v) is 5.60. The number of aliphatic hydroxyl groups is 1. The summed E-state index contributed by atoms with van der Waals surface area (Å²) in [6.45, 7) is 3.53. The predicted molar refractivity (Wildman–Crippen MR) is 143 cm³/mol. The van der Waals surface area contributed by atoms with Gasteiger partial charge >= 0.3 is 0 Å². The van der Waals surface area contributed by atoms with Gasteiger partial charge in [-0.25, -0.2) is 4.98 Å². The Labute approximate surface area is 219 Å². The van der Waals surface area contributed by atoms with Crippen LogP contribution >= 0.6 is 0 Å². The summed E-state index contributed by atoms with van der Waals surface area (Å²) in [7, 11) is 1.86. The van der Waals surface area contributed by atoms with Gasteiger partial charge in [0, 0.05) is 43.5 Å². The summed E-state index contributed by atoms with van der Waals surface area (Å²) >= 11 is 0. The SMILES string of the molecule is Cc1ncc(NC(=O)CN2CC3CCC(C2)C3O)cc1NC(=O)c1cnc2[nH]c(-c3cnn(C)c3)cc2c1. The maximum Gasteiger partial charge on any atom is 0.257 e. The lowest BCUT2D eigenvalue weighted by Gasteiger charge is -2.34. The number of amides is 2. The highest BCUT2D eigenvalue weighted by Crippen LogP contribution is 2.36. The van der Waals surface area contributed by atoms with E-state index < -0.39 is 0 Å². The minimum absolute atomic E-state index is 0.143. The van der Waals surface area contributed by atoms with E-state index in [9.17, 15) is 14.7 Å². The molecule has 0 spiro atoms. The second-order valence-electron chi connectivity index (χ2n) is 10.4. The molecule has 5 heterocycles. The zero-order chi connectivity index (χ0) is 26.4. The molecule has 0 radical (unpaired) electrons. The van der Waals surface area contributed by atoms with Crippen LogP contribution in [0.2, 0.25) is 0 Å². The molecule has 2 atom stereocenters. The van der Waals surface area contributed by atoms with Crippen LogP contribution in [0.1, 0.15) is 28.9 Å². The quantitative estimate of drug-likeness (QED) is 0.310. The van der Waals surface area contributed by atoms with Gasteiger partial charge in [-0.1, -0.05) is 0 Å². The molecule has 11 heteroatoms. The van der Waals surface area contributed by atoms with Gasteiger partial charge in [0.25, 0.3) is 5.91 Å². The van der Waals surface area contributed by atoms with Crippen molar-refractivity contribution in [3.8, 4) is 11.3 Å². The zero-order valence-corrected chi connectivity index (χ0v) is 21.3. The number of anilines is 2. The van der Waals surface area contributed by atoms with Crippen LogP contribution in [0.25, 0.3) is 22.3 Å². The standard InChI is InChI=1S/C27H30N8O3/c1-15-22(7-21(10-28-15)31-24(36)14-35-12-16-3-4-17(13-35)25(16)37)33-27(38)19-5-18-6-23(32-26(18)29-8-19)20-9-30-34(2)11-20/h5-11,16-17,25,37H,3-4,12-14H2,1-2H3,(H,29,32)(H,31,36)(H,33,38). The van der Waals surface area contributed by atoms with Crippen LogP contribution in [0.3, 0.4) is 0 Å². The van der Waals surface area contributed by atoms with E-state index >= 15 is 0 Å². The maximum absolute atomic E-state index is 13.1. The third-order valence-corrected chi connectivity index (χ3v) is 7.59. The fourth-order valence-electron chi connectivity index (χ4n) is 5.60. The van der Waals surface area contributed by atoms with Gasteiger partial charge in [-0.15, -0.1) is 0 Å². The molecule has 0 aromatic carbocycles. The number of hydrogen-bond donors (Lipinski definition) is 4. The molecule has 4 N–H and O–H groups in total. The highest BCUT2D eigenvalue weighted by molar-refractivity contribution is 6.06. The van der Waals surface area contributed by atoms with Crippen molar-refractivity contribution in [2.45, 2.75) is 25.9 Å². The van der Waals surface area contributed by atoms with E-state index in [1.165, 1.54) is 6.20 Å². The molecule has 196 valence electrons. The van der Waals surface area contributed by atoms with Gasteiger partial charge in [0.05, 0.1) is 53.4 Å². The van der Waals surface area contributed by atoms with Crippen molar-refractivity contribution < 1.29 is 14.7 Å². The third kappa shape index (κ3) is 4.77. The molecule has 1 saturated heterocycles. The number of carbonyl (C=O) groups excluding carboxylic acids is 2. The van der Waals surface area contributed by atoms with E-state index in [0.717, 1.165) is 42.6 Å². The number of fused-ring (bicyclic) bond motifs is 3. The van der Waals surface area contributed by atoms with E-state index in [1.54, 1.807) is 36.1 Å². The van der Waals surface area contributed by atoms with Crippen molar-refractivity contribution in [1.82, 2.24) is 29.6 Å². The summed E-state index contributed by atoms with van der Waals surface area (Å²) < 4.78 is 1.72. The molecule has 1 aliphatic heterocycles. The lowest BCUT2D eigenvalue weighted by molar-refractivity contribution is -0.118. The van der Waals surface area contributed by atoms with Gasteiger partial charge < -0.3 is 20.7 Å². The number of H-pyrrole nitrogens is 1. The summed E-state index contributed by atoms with van der Waals surface area (Å²) in [5, 5.41) is 21.0. The topological polar surface area (TPSA) is 141 Å². The molecule has 4 aromatic rings. The van der Waals surface area contributed by atoms with Gasteiger partial charge in [-0.05, 0) is 49.8 Å². The molecule has 1 saturated carbocycles. The Hall–Kier alpha value is -4.09. The first-order valence-electron chi connectivity index (χ1n) is 12.8. The first-order chi connectivity index (χ1) is 18.3. The Morgan fingerprint density at radius 3 is 2.61 bits per heavy atom. The van der Waals surface area contributed by atoms with Crippen LogP contribution in [0.5, 0.6) is 0 Å². The number of aryl methyl sites for hydroxylation is 2. The average molecular weight is 515 g/mol. The van der Waals surface area contributed by atoms with Gasteiger partial charge in [0.1, 0.15) is 5.65 Å². The second-order valence-corrected chi connectivity index (χ2v) is 10.4. The van der Waals surface area contributed by atoms with Crippen LogP contribution in [0.4, 0.5) is 11.4 Å². The van der Waals surface area contributed by atoms with Gasteiger partial charge in [0.15, 0.2) is 0 Å². The summed E-state index contributed by atoms with van der Waals surface area (Å²) in [5.41, 5.74) is 4.54. The molecule has 2 fully saturated rings. The van der Waals surface area contributed by atoms with Crippen molar-refractivity contribution in [2.24, 2.45) is 18.9 Å². The first-order valence-corrected chi connectivity index (χ1v) is 12.8. The van der Waals surface area contributed by atoms with Crippen LogP contribution in [-0.2, 0) is 11.8 Å². The fraction of sp³-hybridized carbons (Fsp3) is 0.370. The number of piperidine rings is 1. The minimum Gasteiger partial charge on any atom is -0.392 e. The maximum atomic E-state index is 13.1. The van der Waals surface area contributed by atoms with E-state index in [-0.39, 0.29) is 36.3 Å². The minimum atomic E-state index is -0.320. The number of pyridine rings is 2. The van der Waals surface area contributed by atoms with Gasteiger partial charge in [-0.2, -0.15) is 5.10 Å². The average Bonchev–Trinajstić information content (AvgIpc) is 3.56. The molecular weight excluding hydrogens is 484 g/mol. The molecule has 2 amide bonds. The zero-order valence-electron chi connectivity index (χ0n) is 21.3. The highest BCUT2D eigenvalue weighted by Gasteiger charge is 2.41. The summed E-state index contributed by atoms with van der Waals surface area (Å²) in [4.78, 5) is 39.9. The van der Waals surface area contributed by atoms with E-state index in [1.807, 2.05) is 19.3 Å². The number of likely N-dealkylation sites (tertiary alicyclic amines) is 1. The number of nitrogens with one attached hydrogen (secondary N) is 3. The normalized spacial score (nSPS) is 21.1. The number of aromatic nitrogens is 5.